The number of carboxylic acids is 1. The third-order valence-corrected chi connectivity index (χ3v) is 2.10. The predicted molar refractivity (Wildman–Crippen MR) is 48.9 cm³/mol. The standard InChI is InChI=1S/C9H12F2N2O2/c1-4(8(14)15)7-12-5(2)6(13-7)9(3,10)11/h4H,1-3H3,(H,12,13)(H,14,15). The van der Waals surface area contributed by atoms with Crippen LogP contribution in [0.5, 0.6) is 0 Å². The Bertz CT molecular complexity index is 382. The maximum atomic E-state index is 13.0. The SMILES string of the molecule is Cc1[nH]c(C(C)C(=O)O)nc1C(C)(F)F. The Balaban J connectivity index is 3.11. The van der Waals surface area contributed by atoms with E-state index in [4.69, 9.17) is 5.11 Å². The highest BCUT2D eigenvalue weighted by Gasteiger charge is 2.31. The van der Waals surface area contributed by atoms with Gasteiger partial charge in [-0.05, 0) is 13.8 Å². The van der Waals surface area contributed by atoms with E-state index in [-0.39, 0.29) is 11.5 Å². The van der Waals surface area contributed by atoms with Gasteiger partial charge in [0, 0.05) is 12.6 Å². The Morgan fingerprint density at radius 1 is 1.60 bits per heavy atom. The van der Waals surface area contributed by atoms with Gasteiger partial charge in [-0.2, -0.15) is 8.78 Å². The maximum Gasteiger partial charge on any atom is 0.313 e. The van der Waals surface area contributed by atoms with Crippen LogP contribution in [0.3, 0.4) is 0 Å². The minimum absolute atomic E-state index is 0.0523. The van der Waals surface area contributed by atoms with Gasteiger partial charge >= 0.3 is 5.97 Å². The van der Waals surface area contributed by atoms with Gasteiger partial charge in [-0.25, -0.2) is 4.98 Å². The molecular weight excluding hydrogens is 206 g/mol. The van der Waals surface area contributed by atoms with Crippen molar-refractivity contribution in [1.82, 2.24) is 9.97 Å². The van der Waals surface area contributed by atoms with E-state index in [0.717, 1.165) is 6.92 Å². The minimum atomic E-state index is -3.06. The second-order valence-corrected chi connectivity index (χ2v) is 3.54. The molecule has 1 heterocycles. The van der Waals surface area contributed by atoms with Crippen molar-refractivity contribution < 1.29 is 18.7 Å². The number of rotatable bonds is 3. The number of hydrogen-bond acceptors (Lipinski definition) is 2. The van der Waals surface area contributed by atoms with Crippen LogP contribution in [0.25, 0.3) is 0 Å². The van der Waals surface area contributed by atoms with Crippen LogP contribution in [0.1, 0.15) is 37.0 Å². The molecule has 4 nitrogen and oxygen atoms in total. The van der Waals surface area contributed by atoms with Crippen LogP contribution in [0.15, 0.2) is 0 Å². The fourth-order valence-corrected chi connectivity index (χ4v) is 1.23. The molecule has 15 heavy (non-hydrogen) atoms. The molecule has 84 valence electrons. The smallest absolute Gasteiger partial charge is 0.313 e. The number of nitrogens with zero attached hydrogens (tertiary/aromatic N) is 1. The molecule has 1 aromatic rings. The number of H-pyrrole nitrogens is 1. The van der Waals surface area contributed by atoms with Gasteiger partial charge in [0.05, 0.1) is 0 Å². The first-order valence-corrected chi connectivity index (χ1v) is 4.41. The third kappa shape index (κ3) is 2.31. The molecule has 1 atom stereocenters. The lowest BCUT2D eigenvalue weighted by atomic mass is 10.2. The van der Waals surface area contributed by atoms with Gasteiger partial charge in [0.15, 0.2) is 0 Å². The molecule has 0 saturated heterocycles. The Labute approximate surface area is 85.3 Å². The zero-order chi connectivity index (χ0) is 11.8. The summed E-state index contributed by atoms with van der Waals surface area (Å²) in [6.45, 7) is 3.56. The number of carbonyl (C=O) groups is 1. The molecular formula is C9H12F2N2O2. The van der Waals surface area contributed by atoms with Gasteiger partial charge < -0.3 is 10.1 Å². The van der Waals surface area contributed by atoms with Crippen LogP contribution in [0, 0.1) is 6.92 Å². The number of hydrogen-bond donors (Lipinski definition) is 2. The van der Waals surface area contributed by atoms with Crippen molar-refractivity contribution in [1.29, 1.82) is 0 Å². The molecule has 1 aromatic heterocycles. The first-order valence-electron chi connectivity index (χ1n) is 4.41. The Hall–Kier alpha value is -1.46. The van der Waals surface area contributed by atoms with Crippen molar-refractivity contribution >= 4 is 5.97 Å². The number of imidazole rings is 1. The van der Waals surface area contributed by atoms with E-state index in [1.165, 1.54) is 13.8 Å². The van der Waals surface area contributed by atoms with Crippen LogP contribution in [-0.2, 0) is 10.7 Å². The van der Waals surface area contributed by atoms with Crippen LogP contribution in [0.4, 0.5) is 8.78 Å². The van der Waals surface area contributed by atoms with Gasteiger partial charge in [-0.15, -0.1) is 0 Å². The highest BCUT2D eigenvalue weighted by atomic mass is 19.3. The van der Waals surface area contributed by atoms with Crippen LogP contribution in [0.2, 0.25) is 0 Å². The summed E-state index contributed by atoms with van der Waals surface area (Å²) in [6.07, 6.45) is 0. The summed E-state index contributed by atoms with van der Waals surface area (Å²) in [4.78, 5) is 16.8. The Morgan fingerprint density at radius 2 is 2.13 bits per heavy atom. The molecule has 0 aliphatic heterocycles. The average Bonchev–Trinajstić information content (AvgIpc) is 2.44. The quantitative estimate of drug-likeness (QED) is 0.815. The zero-order valence-electron chi connectivity index (χ0n) is 8.64. The number of aryl methyl sites for hydroxylation is 1. The van der Waals surface area contributed by atoms with E-state index in [0.29, 0.717) is 0 Å². The molecule has 2 N–H and O–H groups in total. The summed E-state index contributed by atoms with van der Waals surface area (Å²) in [5, 5.41) is 8.69. The fourth-order valence-electron chi connectivity index (χ4n) is 1.23. The summed E-state index contributed by atoms with van der Waals surface area (Å²) >= 11 is 0. The maximum absolute atomic E-state index is 13.0. The number of aromatic amines is 1. The monoisotopic (exact) mass is 218 g/mol. The number of carboxylic acid groups (broad SMARTS) is 1. The van der Waals surface area contributed by atoms with Crippen molar-refractivity contribution in [2.75, 3.05) is 0 Å². The van der Waals surface area contributed by atoms with E-state index in [1.807, 2.05) is 0 Å². The van der Waals surface area contributed by atoms with Crippen molar-refractivity contribution in [2.45, 2.75) is 32.6 Å². The number of nitrogens with one attached hydrogen (secondary N) is 1. The van der Waals surface area contributed by atoms with E-state index >= 15 is 0 Å². The largest absolute Gasteiger partial charge is 0.481 e. The molecule has 1 rings (SSSR count). The minimum Gasteiger partial charge on any atom is -0.481 e. The summed E-state index contributed by atoms with van der Waals surface area (Å²) in [7, 11) is 0. The van der Waals surface area contributed by atoms with Crippen LogP contribution >= 0.6 is 0 Å². The van der Waals surface area contributed by atoms with E-state index in [2.05, 4.69) is 9.97 Å². The highest BCUT2D eigenvalue weighted by molar-refractivity contribution is 5.74. The number of halogens is 2. The van der Waals surface area contributed by atoms with Crippen LogP contribution < -0.4 is 0 Å². The van der Waals surface area contributed by atoms with Crippen LogP contribution in [-0.4, -0.2) is 21.0 Å². The molecule has 1 unspecified atom stereocenters. The van der Waals surface area contributed by atoms with E-state index in [9.17, 15) is 13.6 Å². The Morgan fingerprint density at radius 3 is 2.47 bits per heavy atom. The molecule has 6 heteroatoms. The summed E-state index contributed by atoms with van der Waals surface area (Å²) < 4.78 is 25.9. The lowest BCUT2D eigenvalue weighted by Crippen LogP contribution is -2.11. The van der Waals surface area contributed by atoms with Gasteiger partial charge in [0.1, 0.15) is 17.4 Å². The zero-order valence-corrected chi connectivity index (χ0v) is 8.64. The molecule has 0 amide bonds. The molecule has 0 aromatic carbocycles. The number of alkyl halides is 2. The lowest BCUT2D eigenvalue weighted by Gasteiger charge is -2.06. The first kappa shape index (κ1) is 11.6. The third-order valence-electron chi connectivity index (χ3n) is 2.10. The van der Waals surface area contributed by atoms with E-state index < -0.39 is 23.5 Å². The molecule has 0 aliphatic carbocycles. The second kappa shape index (κ2) is 3.60. The van der Waals surface area contributed by atoms with Crippen molar-refractivity contribution in [2.24, 2.45) is 0 Å². The normalized spacial score (nSPS) is 13.9. The summed E-state index contributed by atoms with van der Waals surface area (Å²) in [5.74, 6) is -5.03. The fraction of sp³-hybridized carbons (Fsp3) is 0.556. The van der Waals surface area contributed by atoms with Crippen molar-refractivity contribution in [3.05, 3.63) is 17.2 Å². The molecule has 0 bridgehead atoms. The van der Waals surface area contributed by atoms with Crippen molar-refractivity contribution in [3.63, 3.8) is 0 Å². The highest BCUT2D eigenvalue weighted by Crippen LogP contribution is 2.29. The molecule has 0 radical (unpaired) electrons. The van der Waals surface area contributed by atoms with Gasteiger partial charge in [0.2, 0.25) is 0 Å². The second-order valence-electron chi connectivity index (χ2n) is 3.54. The number of aromatic nitrogens is 2. The molecule has 0 aliphatic rings. The topological polar surface area (TPSA) is 66.0 Å². The van der Waals surface area contributed by atoms with Gasteiger partial charge in [-0.1, -0.05) is 0 Å². The molecule has 0 fully saturated rings. The summed E-state index contributed by atoms with van der Waals surface area (Å²) in [6, 6.07) is 0. The molecule has 0 spiro atoms. The summed E-state index contributed by atoms with van der Waals surface area (Å²) in [5.41, 5.74) is -0.198. The van der Waals surface area contributed by atoms with Crippen molar-refractivity contribution in [3.8, 4) is 0 Å². The Kier molecular flexibility index (Phi) is 2.79. The van der Waals surface area contributed by atoms with Gasteiger partial charge in [0.25, 0.3) is 5.92 Å². The van der Waals surface area contributed by atoms with E-state index in [1.54, 1.807) is 0 Å². The van der Waals surface area contributed by atoms with Gasteiger partial charge in [-0.3, -0.25) is 4.79 Å². The predicted octanol–water partition coefficient (Wildman–Crippen LogP) is 2.02. The molecule has 0 saturated carbocycles. The lowest BCUT2D eigenvalue weighted by molar-refractivity contribution is -0.138. The average molecular weight is 218 g/mol. The first-order chi connectivity index (χ1) is 6.73. The number of aliphatic carboxylic acids is 1.